The Hall–Kier alpha value is 1.33. The number of halogens is 3. The maximum absolute atomic E-state index is 6.45. The summed E-state index contributed by atoms with van der Waals surface area (Å²) in [5, 5.41) is 0. The van der Waals surface area contributed by atoms with Crippen LogP contribution in [0.4, 0.5) is 0 Å². The quantitative estimate of drug-likeness (QED) is 0.457. The fourth-order valence-electron chi connectivity index (χ4n) is 1.68. The Morgan fingerprint density at radius 3 is 2.81 bits per heavy atom. The molecule has 0 nitrogen and oxygen atoms in total. The molecule has 0 unspecified atom stereocenters. The second kappa shape index (κ2) is 7.70. The summed E-state index contributed by atoms with van der Waals surface area (Å²) in [5.74, 6) is 0. The topological polar surface area (TPSA) is 0 Å². The molecule has 0 bridgehead atoms. The molecule has 0 spiro atoms. The molecule has 0 fully saturated rings. The van der Waals surface area contributed by atoms with Crippen LogP contribution < -0.4 is 0 Å². The summed E-state index contributed by atoms with van der Waals surface area (Å²) in [7, 11) is 12.9. The molecule has 0 aromatic carbocycles. The predicted octanol–water partition coefficient (Wildman–Crippen LogP) is 6.02. The van der Waals surface area contributed by atoms with Gasteiger partial charge in [0.25, 0.3) is 0 Å². The molecule has 0 heterocycles. The van der Waals surface area contributed by atoms with Gasteiger partial charge in [0.2, 0.25) is 0 Å². The summed E-state index contributed by atoms with van der Waals surface area (Å²) >= 11 is 0.929. The van der Waals surface area contributed by atoms with Crippen molar-refractivity contribution in [2.75, 3.05) is 0 Å². The molecule has 1 aliphatic rings. The van der Waals surface area contributed by atoms with Gasteiger partial charge in [0, 0.05) is 0 Å². The van der Waals surface area contributed by atoms with Gasteiger partial charge in [-0.3, -0.25) is 0 Å². The standard InChI is InChI=1S/C12H19BrCl2Te/c1-2-3-9-16(14,15)10-12(13)11-7-5-4-6-8-11/h7,10H,2-6,8-9H2,1H3/b12-10-. The fraction of sp³-hybridized carbons (Fsp3) is 0.667. The van der Waals surface area contributed by atoms with E-state index in [0.29, 0.717) is 0 Å². The number of rotatable bonds is 5. The third-order valence-electron chi connectivity index (χ3n) is 2.64. The van der Waals surface area contributed by atoms with Crippen molar-refractivity contribution >= 4 is 49.8 Å². The Balaban J connectivity index is 2.63. The van der Waals surface area contributed by atoms with Crippen LogP contribution in [-0.2, 0) is 0 Å². The van der Waals surface area contributed by atoms with Crippen LogP contribution in [0.15, 0.2) is 20.3 Å². The predicted molar refractivity (Wildman–Crippen MR) is 80.7 cm³/mol. The molecule has 0 radical (unpaired) electrons. The molecular weight excluding hydrogens is 423 g/mol. The van der Waals surface area contributed by atoms with E-state index < -0.39 is 15.9 Å². The van der Waals surface area contributed by atoms with Gasteiger partial charge in [0.1, 0.15) is 0 Å². The zero-order chi connectivity index (χ0) is 12.0. The van der Waals surface area contributed by atoms with Gasteiger partial charge in [-0.25, -0.2) is 0 Å². The molecule has 0 saturated carbocycles. The van der Waals surface area contributed by atoms with Crippen molar-refractivity contribution in [1.29, 1.82) is 0 Å². The normalized spacial score (nSPS) is 19.5. The van der Waals surface area contributed by atoms with Gasteiger partial charge in [-0.05, 0) is 0 Å². The minimum atomic E-state index is -2.71. The molecule has 0 aromatic rings. The van der Waals surface area contributed by atoms with Crippen LogP contribution in [-0.4, -0.2) is 15.9 Å². The third-order valence-corrected chi connectivity index (χ3v) is 11.6. The van der Waals surface area contributed by atoms with Crippen molar-refractivity contribution in [3.8, 4) is 0 Å². The van der Waals surface area contributed by atoms with Crippen LogP contribution in [0.1, 0.15) is 45.4 Å². The molecule has 0 aliphatic heterocycles. The van der Waals surface area contributed by atoms with Crippen molar-refractivity contribution in [3.63, 3.8) is 0 Å². The van der Waals surface area contributed by atoms with Gasteiger partial charge in [0.05, 0.1) is 0 Å². The molecular formula is C12H19BrCl2Te. The zero-order valence-electron chi connectivity index (χ0n) is 9.65. The average molecular weight is 442 g/mol. The first kappa shape index (κ1) is 15.4. The summed E-state index contributed by atoms with van der Waals surface area (Å²) in [6.07, 6.45) is 9.58. The van der Waals surface area contributed by atoms with Crippen molar-refractivity contribution in [2.45, 2.75) is 49.9 Å². The van der Waals surface area contributed by atoms with E-state index in [9.17, 15) is 0 Å². The van der Waals surface area contributed by atoms with E-state index in [1.165, 1.54) is 31.3 Å². The Bertz CT molecular complexity index is 285. The Labute approximate surface area is 119 Å². The van der Waals surface area contributed by atoms with Gasteiger partial charge < -0.3 is 0 Å². The second-order valence-corrected chi connectivity index (χ2v) is 18.8. The van der Waals surface area contributed by atoms with Crippen LogP contribution in [0.25, 0.3) is 0 Å². The molecule has 16 heavy (non-hydrogen) atoms. The monoisotopic (exact) mass is 442 g/mol. The number of hydrogen-bond donors (Lipinski definition) is 0. The first-order valence-corrected chi connectivity index (χ1v) is 15.5. The molecule has 94 valence electrons. The van der Waals surface area contributed by atoms with E-state index >= 15 is 0 Å². The Morgan fingerprint density at radius 2 is 2.25 bits per heavy atom. The third kappa shape index (κ3) is 5.78. The van der Waals surface area contributed by atoms with Crippen molar-refractivity contribution in [3.05, 3.63) is 20.3 Å². The van der Waals surface area contributed by atoms with Crippen LogP contribution >= 0.6 is 33.9 Å². The first-order valence-electron chi connectivity index (χ1n) is 5.82. The van der Waals surface area contributed by atoms with E-state index in [4.69, 9.17) is 17.9 Å². The number of hydrogen-bond acceptors (Lipinski definition) is 0. The number of unbranched alkanes of at least 4 members (excludes halogenated alkanes) is 1. The van der Waals surface area contributed by atoms with Gasteiger partial charge in [0.15, 0.2) is 0 Å². The van der Waals surface area contributed by atoms with Crippen molar-refractivity contribution in [1.82, 2.24) is 0 Å². The van der Waals surface area contributed by atoms with Crippen LogP contribution in [0.3, 0.4) is 0 Å². The summed E-state index contributed by atoms with van der Waals surface area (Å²) in [6.45, 7) is 2.18. The summed E-state index contributed by atoms with van der Waals surface area (Å²) in [4.78, 5) is 0. The molecule has 4 heteroatoms. The fourth-order valence-corrected chi connectivity index (χ4v) is 11.8. The van der Waals surface area contributed by atoms with Gasteiger partial charge in [-0.1, -0.05) is 0 Å². The second-order valence-electron chi connectivity index (χ2n) is 4.12. The summed E-state index contributed by atoms with van der Waals surface area (Å²) < 4.78 is 4.30. The molecule has 0 amide bonds. The summed E-state index contributed by atoms with van der Waals surface area (Å²) in [5.41, 5.74) is 1.40. The first-order chi connectivity index (χ1) is 7.55. The molecule has 0 aromatic heterocycles. The van der Waals surface area contributed by atoms with E-state index in [-0.39, 0.29) is 0 Å². The number of allylic oxidation sites excluding steroid dienone is 3. The molecule has 1 aliphatic carbocycles. The minimum absolute atomic E-state index is 1.00. The Kier molecular flexibility index (Phi) is 7.40. The SMILES string of the molecule is CCCC[Te](Cl)(Cl)/C=C(\Br)C1=CCCCC1. The molecule has 0 N–H and O–H groups in total. The Morgan fingerprint density at radius 1 is 1.50 bits per heavy atom. The van der Waals surface area contributed by atoms with Gasteiger partial charge in [-0.15, -0.1) is 0 Å². The van der Waals surface area contributed by atoms with E-state index in [2.05, 4.69) is 33.1 Å². The van der Waals surface area contributed by atoms with Crippen molar-refractivity contribution < 1.29 is 0 Å². The van der Waals surface area contributed by atoms with Crippen LogP contribution in [0.5, 0.6) is 0 Å². The maximum atomic E-state index is 6.45. The van der Waals surface area contributed by atoms with Crippen LogP contribution in [0.2, 0.25) is 4.47 Å². The van der Waals surface area contributed by atoms with Gasteiger partial charge in [-0.2, -0.15) is 0 Å². The van der Waals surface area contributed by atoms with Crippen molar-refractivity contribution in [2.24, 2.45) is 0 Å². The summed E-state index contributed by atoms with van der Waals surface area (Å²) in [6, 6.07) is 0. The zero-order valence-corrected chi connectivity index (χ0v) is 15.1. The van der Waals surface area contributed by atoms with Crippen LogP contribution in [0, 0.1) is 0 Å². The average Bonchev–Trinajstić information content (AvgIpc) is 2.27. The van der Waals surface area contributed by atoms with E-state index in [0.717, 1.165) is 21.8 Å². The molecule has 0 atom stereocenters. The van der Waals surface area contributed by atoms with E-state index in [1.807, 2.05) is 0 Å². The molecule has 1 rings (SSSR count). The molecule has 0 saturated heterocycles. The van der Waals surface area contributed by atoms with Gasteiger partial charge >= 0.3 is 120 Å². The van der Waals surface area contributed by atoms with E-state index in [1.54, 1.807) is 0 Å².